The lowest BCUT2D eigenvalue weighted by atomic mass is 10.2. The molecule has 0 aliphatic heterocycles. The van der Waals surface area contributed by atoms with Gasteiger partial charge in [0, 0.05) is 6.54 Å². The van der Waals surface area contributed by atoms with Gasteiger partial charge in [-0.05, 0) is 24.6 Å². The number of carbonyl (C=O) groups excluding carboxylic acids is 2. The van der Waals surface area contributed by atoms with Crippen LogP contribution in [0, 0.1) is 0 Å². The van der Waals surface area contributed by atoms with Crippen LogP contribution in [-0.4, -0.2) is 39.2 Å². The Morgan fingerprint density at radius 1 is 1.09 bits per heavy atom. The number of rotatable bonds is 10. The topological polar surface area (TPSA) is 73.9 Å². The molecule has 1 amide bonds. The maximum Gasteiger partial charge on any atom is 0.337 e. The van der Waals surface area contributed by atoms with Crippen LogP contribution in [0.25, 0.3) is 0 Å². The van der Waals surface area contributed by atoms with Gasteiger partial charge in [0.2, 0.25) is 0 Å². The Labute approximate surface area is 137 Å². The van der Waals surface area contributed by atoms with E-state index < -0.39 is 5.97 Å². The predicted octanol–water partition coefficient (Wildman–Crippen LogP) is 2.56. The molecule has 1 aromatic carbocycles. The fourth-order valence-corrected chi connectivity index (χ4v) is 2.01. The molecule has 0 atom stereocenters. The van der Waals surface area contributed by atoms with Crippen LogP contribution in [0.1, 0.15) is 43.0 Å². The highest BCUT2D eigenvalue weighted by atomic mass is 16.5. The van der Waals surface area contributed by atoms with E-state index in [1.165, 1.54) is 33.1 Å². The molecule has 6 heteroatoms. The largest absolute Gasteiger partial charge is 0.493 e. The van der Waals surface area contributed by atoms with E-state index in [1.807, 2.05) is 0 Å². The summed E-state index contributed by atoms with van der Waals surface area (Å²) in [5, 5.41) is 2.81. The number of ether oxygens (including phenoxy) is 3. The summed E-state index contributed by atoms with van der Waals surface area (Å²) in [4.78, 5) is 23.2. The molecule has 0 spiro atoms. The number of benzene rings is 1. The third-order valence-electron chi connectivity index (χ3n) is 3.30. The molecule has 0 aromatic heterocycles. The van der Waals surface area contributed by atoms with Crippen LogP contribution in [0.3, 0.4) is 0 Å². The summed E-state index contributed by atoms with van der Waals surface area (Å²) < 4.78 is 15.3. The van der Waals surface area contributed by atoms with E-state index in [9.17, 15) is 9.59 Å². The first-order valence-electron chi connectivity index (χ1n) is 7.78. The average Bonchev–Trinajstić information content (AvgIpc) is 2.58. The minimum absolute atomic E-state index is 0.0955. The van der Waals surface area contributed by atoms with Gasteiger partial charge in [-0.15, -0.1) is 0 Å². The number of hydrogen-bond acceptors (Lipinski definition) is 5. The van der Waals surface area contributed by atoms with Gasteiger partial charge in [0.25, 0.3) is 5.91 Å². The Bertz CT molecular complexity index is 516. The van der Waals surface area contributed by atoms with Crippen molar-refractivity contribution in [2.75, 3.05) is 27.4 Å². The summed E-state index contributed by atoms with van der Waals surface area (Å²) in [5.41, 5.74) is 0.358. The Balaban J connectivity index is 2.47. The molecule has 1 N–H and O–H groups in total. The van der Waals surface area contributed by atoms with Crippen LogP contribution < -0.4 is 14.8 Å². The number of methoxy groups -OCH3 is 2. The maximum atomic E-state index is 11.7. The number of hydrogen-bond donors (Lipinski definition) is 1. The minimum atomic E-state index is -0.459. The van der Waals surface area contributed by atoms with E-state index in [4.69, 9.17) is 9.47 Å². The van der Waals surface area contributed by atoms with E-state index >= 15 is 0 Å². The van der Waals surface area contributed by atoms with Crippen molar-refractivity contribution in [1.29, 1.82) is 0 Å². The SMILES string of the molecule is CCCCCCNC(=O)COc1ccc(C(=O)OC)cc1OC. The third-order valence-corrected chi connectivity index (χ3v) is 3.30. The molecule has 6 nitrogen and oxygen atoms in total. The van der Waals surface area contributed by atoms with Gasteiger partial charge < -0.3 is 19.5 Å². The van der Waals surface area contributed by atoms with Gasteiger partial charge >= 0.3 is 5.97 Å². The van der Waals surface area contributed by atoms with Gasteiger partial charge in [0.15, 0.2) is 18.1 Å². The average molecular weight is 323 g/mol. The zero-order valence-corrected chi connectivity index (χ0v) is 14.0. The number of esters is 1. The first-order valence-corrected chi connectivity index (χ1v) is 7.78. The van der Waals surface area contributed by atoms with Crippen LogP contribution >= 0.6 is 0 Å². The van der Waals surface area contributed by atoms with Crippen molar-refractivity contribution in [3.05, 3.63) is 23.8 Å². The second-order valence-corrected chi connectivity index (χ2v) is 5.06. The first kappa shape index (κ1) is 18.8. The molecule has 0 unspecified atom stereocenters. The van der Waals surface area contributed by atoms with E-state index in [2.05, 4.69) is 17.0 Å². The fourth-order valence-electron chi connectivity index (χ4n) is 2.01. The normalized spacial score (nSPS) is 10.0. The van der Waals surface area contributed by atoms with Crippen LogP contribution in [0.5, 0.6) is 11.5 Å². The van der Waals surface area contributed by atoms with E-state index in [-0.39, 0.29) is 12.5 Å². The second kappa shape index (κ2) is 10.5. The van der Waals surface area contributed by atoms with Crippen LogP contribution in [0.2, 0.25) is 0 Å². The summed E-state index contributed by atoms with van der Waals surface area (Å²) in [5.74, 6) is 0.144. The molecule has 23 heavy (non-hydrogen) atoms. The van der Waals surface area contributed by atoms with Crippen LogP contribution in [-0.2, 0) is 9.53 Å². The number of unbranched alkanes of at least 4 members (excludes halogenated alkanes) is 3. The van der Waals surface area contributed by atoms with Crippen molar-refractivity contribution >= 4 is 11.9 Å². The lowest BCUT2D eigenvalue weighted by Crippen LogP contribution is -2.29. The van der Waals surface area contributed by atoms with E-state index in [1.54, 1.807) is 12.1 Å². The molecule has 0 saturated heterocycles. The quantitative estimate of drug-likeness (QED) is 0.529. The van der Waals surface area contributed by atoms with Crippen molar-refractivity contribution in [2.45, 2.75) is 32.6 Å². The van der Waals surface area contributed by atoms with Crippen LogP contribution in [0.4, 0.5) is 0 Å². The fraction of sp³-hybridized carbons (Fsp3) is 0.529. The molecule has 0 fully saturated rings. The molecule has 1 aromatic rings. The van der Waals surface area contributed by atoms with Crippen molar-refractivity contribution in [3.63, 3.8) is 0 Å². The van der Waals surface area contributed by atoms with Gasteiger partial charge in [0.1, 0.15) is 0 Å². The van der Waals surface area contributed by atoms with Crippen molar-refractivity contribution in [3.8, 4) is 11.5 Å². The smallest absolute Gasteiger partial charge is 0.337 e. The molecule has 128 valence electrons. The Kier molecular flexibility index (Phi) is 8.57. The second-order valence-electron chi connectivity index (χ2n) is 5.06. The zero-order chi connectivity index (χ0) is 17.1. The number of amides is 1. The lowest BCUT2D eigenvalue weighted by molar-refractivity contribution is -0.123. The Hall–Kier alpha value is -2.24. The van der Waals surface area contributed by atoms with Crippen molar-refractivity contribution in [1.82, 2.24) is 5.32 Å². The summed E-state index contributed by atoms with van der Waals surface area (Å²) in [6.07, 6.45) is 4.42. The van der Waals surface area contributed by atoms with E-state index in [0.717, 1.165) is 12.8 Å². The standard InChI is InChI=1S/C17H25NO5/c1-4-5-6-7-10-18-16(19)12-23-14-9-8-13(17(20)22-3)11-15(14)21-2/h8-9,11H,4-7,10,12H2,1-3H3,(H,18,19). The Morgan fingerprint density at radius 2 is 1.87 bits per heavy atom. The van der Waals surface area contributed by atoms with Crippen molar-refractivity contribution < 1.29 is 23.8 Å². The zero-order valence-electron chi connectivity index (χ0n) is 14.0. The lowest BCUT2D eigenvalue weighted by Gasteiger charge is -2.12. The minimum Gasteiger partial charge on any atom is -0.493 e. The highest BCUT2D eigenvalue weighted by Gasteiger charge is 2.12. The molecule has 0 saturated carbocycles. The number of nitrogens with one attached hydrogen (secondary N) is 1. The molecule has 0 aliphatic rings. The molecule has 0 bridgehead atoms. The Morgan fingerprint density at radius 3 is 2.52 bits per heavy atom. The summed E-state index contributed by atoms with van der Waals surface area (Å²) in [7, 11) is 2.78. The van der Waals surface area contributed by atoms with Gasteiger partial charge in [-0.2, -0.15) is 0 Å². The van der Waals surface area contributed by atoms with Gasteiger partial charge in [-0.25, -0.2) is 4.79 Å². The molecule has 1 rings (SSSR count). The third kappa shape index (κ3) is 6.59. The summed E-state index contributed by atoms with van der Waals surface area (Å²) in [6.45, 7) is 2.70. The van der Waals surface area contributed by atoms with E-state index in [0.29, 0.717) is 23.6 Å². The highest BCUT2D eigenvalue weighted by Crippen LogP contribution is 2.28. The summed E-state index contributed by atoms with van der Waals surface area (Å²) >= 11 is 0. The predicted molar refractivity (Wildman–Crippen MR) is 87.0 cm³/mol. The van der Waals surface area contributed by atoms with Gasteiger partial charge in [-0.1, -0.05) is 26.2 Å². The van der Waals surface area contributed by atoms with Crippen molar-refractivity contribution in [2.24, 2.45) is 0 Å². The molecular formula is C17H25NO5. The molecule has 0 heterocycles. The maximum absolute atomic E-state index is 11.7. The molecular weight excluding hydrogens is 298 g/mol. The molecule has 0 radical (unpaired) electrons. The highest BCUT2D eigenvalue weighted by molar-refractivity contribution is 5.90. The molecule has 0 aliphatic carbocycles. The number of carbonyl (C=O) groups is 2. The van der Waals surface area contributed by atoms with Gasteiger partial charge in [0.05, 0.1) is 19.8 Å². The summed E-state index contributed by atoms with van der Waals surface area (Å²) in [6, 6.07) is 4.66. The van der Waals surface area contributed by atoms with Crippen LogP contribution in [0.15, 0.2) is 18.2 Å². The monoisotopic (exact) mass is 323 g/mol. The van der Waals surface area contributed by atoms with Gasteiger partial charge in [-0.3, -0.25) is 4.79 Å². The first-order chi connectivity index (χ1) is 11.1.